The molecule has 0 aliphatic carbocycles. The van der Waals surface area contributed by atoms with Crippen LogP contribution in [0.15, 0.2) is 54.6 Å². The third kappa shape index (κ3) is 2.73. The van der Waals surface area contributed by atoms with Gasteiger partial charge in [0.1, 0.15) is 11.5 Å². The van der Waals surface area contributed by atoms with Crippen LogP contribution in [0.5, 0.6) is 11.5 Å². The molecule has 2 aromatic carbocycles. The van der Waals surface area contributed by atoms with Crippen LogP contribution in [-0.2, 0) is 0 Å². The molecule has 3 heteroatoms. The monoisotopic (exact) mass is 263 g/mol. The normalized spacial score (nSPS) is 9.67. The molecule has 0 unspecified atom stereocenters. The van der Waals surface area contributed by atoms with E-state index >= 15 is 0 Å². The highest BCUT2D eigenvalue weighted by Crippen LogP contribution is 2.22. The summed E-state index contributed by atoms with van der Waals surface area (Å²) in [6.45, 7) is 0. The Morgan fingerprint density at radius 3 is 2.00 bits per heavy atom. The van der Waals surface area contributed by atoms with Crippen molar-refractivity contribution in [3.63, 3.8) is 0 Å². The molecule has 0 aliphatic rings. The number of hydrogen-bond donors (Lipinski definition) is 1. The van der Waals surface area contributed by atoms with Gasteiger partial charge in [0.25, 0.3) is 0 Å². The van der Waals surface area contributed by atoms with E-state index in [0.29, 0.717) is 0 Å². The van der Waals surface area contributed by atoms with Crippen LogP contribution in [0.25, 0.3) is 0 Å². The van der Waals surface area contributed by atoms with Gasteiger partial charge < -0.3 is 9.08 Å². The SMILES string of the molecule is BrNc1ccc(Oc2ccccc2)cc1. The van der Waals surface area contributed by atoms with E-state index in [1.807, 2.05) is 54.6 Å². The van der Waals surface area contributed by atoms with E-state index in [1.165, 1.54) is 0 Å². The second-order valence-electron chi connectivity index (χ2n) is 3.03. The van der Waals surface area contributed by atoms with Gasteiger partial charge in [-0.25, -0.2) is 0 Å². The first-order valence-electron chi connectivity index (χ1n) is 4.58. The minimum absolute atomic E-state index is 0.827. The van der Waals surface area contributed by atoms with Crippen LogP contribution in [0.4, 0.5) is 5.69 Å². The van der Waals surface area contributed by atoms with Gasteiger partial charge in [0.05, 0.1) is 0 Å². The van der Waals surface area contributed by atoms with Crippen molar-refractivity contribution in [3.8, 4) is 11.5 Å². The summed E-state index contributed by atoms with van der Waals surface area (Å²) >= 11 is 3.16. The highest BCUT2D eigenvalue weighted by molar-refractivity contribution is 9.10. The fraction of sp³-hybridized carbons (Fsp3) is 0. The fourth-order valence-corrected chi connectivity index (χ4v) is 1.47. The van der Waals surface area contributed by atoms with Crippen molar-refractivity contribution in [1.29, 1.82) is 0 Å². The number of rotatable bonds is 3. The second kappa shape index (κ2) is 4.84. The molecular formula is C12H10BrNO. The maximum Gasteiger partial charge on any atom is 0.127 e. The average Bonchev–Trinajstić information content (AvgIpc) is 2.31. The molecule has 2 rings (SSSR count). The second-order valence-corrected chi connectivity index (χ2v) is 3.43. The zero-order chi connectivity index (χ0) is 10.5. The molecule has 0 bridgehead atoms. The Morgan fingerprint density at radius 2 is 1.40 bits per heavy atom. The molecule has 0 radical (unpaired) electrons. The van der Waals surface area contributed by atoms with Crippen LogP contribution in [0.3, 0.4) is 0 Å². The van der Waals surface area contributed by atoms with E-state index in [4.69, 9.17) is 4.74 Å². The van der Waals surface area contributed by atoms with Crippen LogP contribution in [0.1, 0.15) is 0 Å². The first-order valence-corrected chi connectivity index (χ1v) is 5.37. The Morgan fingerprint density at radius 1 is 0.800 bits per heavy atom. The molecule has 0 saturated heterocycles. The molecule has 0 aliphatic heterocycles. The highest BCUT2D eigenvalue weighted by atomic mass is 79.9. The lowest BCUT2D eigenvalue weighted by Crippen LogP contribution is -1.84. The van der Waals surface area contributed by atoms with E-state index in [-0.39, 0.29) is 0 Å². The number of nitrogens with one attached hydrogen (secondary N) is 1. The zero-order valence-electron chi connectivity index (χ0n) is 7.98. The summed E-state index contributed by atoms with van der Waals surface area (Å²) in [7, 11) is 0. The number of ether oxygens (including phenoxy) is 1. The van der Waals surface area contributed by atoms with Crippen molar-refractivity contribution in [2.75, 3.05) is 4.34 Å². The number of para-hydroxylation sites is 1. The average molecular weight is 264 g/mol. The van der Waals surface area contributed by atoms with Crippen molar-refractivity contribution in [3.05, 3.63) is 54.6 Å². The molecule has 15 heavy (non-hydrogen) atoms. The molecule has 0 saturated carbocycles. The Balaban J connectivity index is 2.11. The third-order valence-corrected chi connectivity index (χ3v) is 2.40. The summed E-state index contributed by atoms with van der Waals surface area (Å²) in [4.78, 5) is 0. The molecule has 1 N–H and O–H groups in total. The number of anilines is 1. The zero-order valence-corrected chi connectivity index (χ0v) is 9.57. The predicted octanol–water partition coefficient (Wildman–Crippen LogP) is 4.20. The highest BCUT2D eigenvalue weighted by Gasteiger charge is 1.95. The Kier molecular flexibility index (Phi) is 3.25. The van der Waals surface area contributed by atoms with Crippen LogP contribution >= 0.6 is 16.1 Å². The van der Waals surface area contributed by atoms with E-state index in [1.54, 1.807) is 0 Å². The van der Waals surface area contributed by atoms with Crippen LogP contribution in [0, 0.1) is 0 Å². The Hall–Kier alpha value is -1.48. The lowest BCUT2D eigenvalue weighted by molar-refractivity contribution is 0.483. The summed E-state index contributed by atoms with van der Waals surface area (Å²) in [6, 6.07) is 17.4. The van der Waals surface area contributed by atoms with Gasteiger partial charge >= 0.3 is 0 Å². The van der Waals surface area contributed by atoms with Crippen LogP contribution in [0.2, 0.25) is 0 Å². The molecule has 0 amide bonds. The minimum atomic E-state index is 0.827. The predicted molar refractivity (Wildman–Crippen MR) is 65.5 cm³/mol. The van der Waals surface area contributed by atoms with Crippen molar-refractivity contribution in [1.82, 2.24) is 0 Å². The quantitative estimate of drug-likeness (QED) is 0.839. The van der Waals surface area contributed by atoms with Gasteiger partial charge in [0.2, 0.25) is 0 Å². The number of halogens is 1. The summed E-state index contributed by atoms with van der Waals surface area (Å²) in [5, 5.41) is 0. The molecule has 0 heterocycles. The molecule has 76 valence electrons. The maximum atomic E-state index is 5.63. The van der Waals surface area contributed by atoms with Gasteiger partial charge in [-0.1, -0.05) is 18.2 Å². The minimum Gasteiger partial charge on any atom is -0.457 e. The molecule has 2 nitrogen and oxygen atoms in total. The molecule has 2 aromatic rings. The third-order valence-electron chi connectivity index (χ3n) is 1.94. The van der Waals surface area contributed by atoms with Crippen molar-refractivity contribution in [2.24, 2.45) is 0 Å². The van der Waals surface area contributed by atoms with E-state index in [0.717, 1.165) is 17.2 Å². The first-order chi connectivity index (χ1) is 7.38. The van der Waals surface area contributed by atoms with Crippen LogP contribution in [-0.4, -0.2) is 0 Å². The molecule has 0 fully saturated rings. The van der Waals surface area contributed by atoms with Crippen molar-refractivity contribution < 1.29 is 4.74 Å². The van der Waals surface area contributed by atoms with Crippen molar-refractivity contribution >= 4 is 21.8 Å². The smallest absolute Gasteiger partial charge is 0.127 e. The van der Waals surface area contributed by atoms with Crippen molar-refractivity contribution in [2.45, 2.75) is 0 Å². The van der Waals surface area contributed by atoms with Gasteiger partial charge in [0, 0.05) is 21.8 Å². The number of benzene rings is 2. The van der Waals surface area contributed by atoms with Gasteiger partial charge in [-0.05, 0) is 36.4 Å². The molecular weight excluding hydrogens is 254 g/mol. The lowest BCUT2D eigenvalue weighted by Gasteiger charge is -2.05. The van der Waals surface area contributed by atoms with E-state index < -0.39 is 0 Å². The standard InChI is InChI=1S/C12H10BrNO/c13-14-10-6-8-12(9-7-10)15-11-4-2-1-3-5-11/h1-9,14H. The van der Waals surface area contributed by atoms with Gasteiger partial charge in [-0.3, -0.25) is 0 Å². The lowest BCUT2D eigenvalue weighted by atomic mass is 10.3. The van der Waals surface area contributed by atoms with E-state index in [2.05, 4.69) is 20.5 Å². The summed E-state index contributed by atoms with van der Waals surface area (Å²) in [6.07, 6.45) is 0. The topological polar surface area (TPSA) is 21.3 Å². The largest absolute Gasteiger partial charge is 0.457 e. The first kappa shape index (κ1) is 10.1. The summed E-state index contributed by atoms with van der Waals surface area (Å²) in [5.41, 5.74) is 0.996. The fourth-order valence-electron chi connectivity index (χ4n) is 1.21. The van der Waals surface area contributed by atoms with Gasteiger partial charge in [0.15, 0.2) is 0 Å². The summed E-state index contributed by atoms with van der Waals surface area (Å²) < 4.78 is 8.51. The van der Waals surface area contributed by atoms with E-state index in [9.17, 15) is 0 Å². The molecule has 0 atom stereocenters. The molecule has 0 spiro atoms. The summed E-state index contributed by atoms with van der Waals surface area (Å²) in [5.74, 6) is 1.67. The number of hydrogen-bond acceptors (Lipinski definition) is 2. The Labute approximate surface area is 97.2 Å². The van der Waals surface area contributed by atoms with Crippen LogP contribution < -0.4 is 9.08 Å². The molecule has 0 aromatic heterocycles. The van der Waals surface area contributed by atoms with Gasteiger partial charge in [-0.15, -0.1) is 0 Å². The maximum absolute atomic E-state index is 5.63. The Bertz CT molecular complexity index is 413. The van der Waals surface area contributed by atoms with Gasteiger partial charge in [-0.2, -0.15) is 0 Å².